The second-order valence-electron chi connectivity index (χ2n) is 9.35. The number of nitrogens with zero attached hydrogens (tertiary/aromatic N) is 2. The minimum atomic E-state index is -0.00777. The highest BCUT2D eigenvalue weighted by Crippen LogP contribution is 2.49. The minimum Gasteiger partial charge on any atom is -0.382 e. The molecule has 1 amide bonds. The molecule has 6 nitrogen and oxygen atoms in total. The number of fused-ring (bicyclic) bond motifs is 3. The van der Waals surface area contributed by atoms with Crippen LogP contribution in [0.1, 0.15) is 56.4 Å². The number of aromatic nitrogens is 2. The van der Waals surface area contributed by atoms with Crippen molar-refractivity contribution in [3.63, 3.8) is 0 Å². The van der Waals surface area contributed by atoms with Gasteiger partial charge in [0.05, 0.1) is 11.1 Å². The maximum atomic E-state index is 13.3. The molecule has 176 valence electrons. The van der Waals surface area contributed by atoms with Gasteiger partial charge in [0.1, 0.15) is 4.83 Å². The Kier molecular flexibility index (Phi) is 7.62. The predicted molar refractivity (Wildman–Crippen MR) is 132 cm³/mol. The molecule has 0 spiro atoms. The molecule has 2 fully saturated rings. The summed E-state index contributed by atoms with van der Waals surface area (Å²) >= 11 is 2.92. The lowest BCUT2D eigenvalue weighted by Crippen LogP contribution is -2.41. The smallest absolute Gasteiger partial charge is 0.263 e. The van der Waals surface area contributed by atoms with Crippen LogP contribution in [0.5, 0.6) is 0 Å². The summed E-state index contributed by atoms with van der Waals surface area (Å²) in [5.41, 5.74) is 1.00. The number of rotatable bonds is 10. The zero-order chi connectivity index (χ0) is 22.8. The summed E-state index contributed by atoms with van der Waals surface area (Å²) in [4.78, 5) is 32.7. The average molecular weight is 478 g/mol. The first-order chi connectivity index (χ1) is 15.4. The molecule has 2 saturated carbocycles. The topological polar surface area (TPSA) is 73.2 Å². The van der Waals surface area contributed by atoms with Crippen LogP contribution in [0.4, 0.5) is 0 Å². The zero-order valence-corrected chi connectivity index (χ0v) is 21.2. The molecule has 4 atom stereocenters. The molecular weight excluding hydrogens is 442 g/mol. The molecule has 0 radical (unpaired) electrons. The summed E-state index contributed by atoms with van der Waals surface area (Å²) in [6, 6.07) is 0.213. The number of aryl methyl sites for hydroxylation is 2. The molecule has 4 rings (SSSR count). The zero-order valence-electron chi connectivity index (χ0n) is 19.6. The average Bonchev–Trinajstić information content (AvgIpc) is 3.46. The van der Waals surface area contributed by atoms with Crippen LogP contribution in [0.25, 0.3) is 10.2 Å². The number of nitrogens with one attached hydrogen (secondary N) is 1. The summed E-state index contributed by atoms with van der Waals surface area (Å²) in [7, 11) is 0. The van der Waals surface area contributed by atoms with E-state index < -0.39 is 0 Å². The summed E-state index contributed by atoms with van der Waals surface area (Å²) in [5, 5.41) is 4.57. The first kappa shape index (κ1) is 23.8. The fourth-order valence-corrected chi connectivity index (χ4v) is 7.43. The van der Waals surface area contributed by atoms with Gasteiger partial charge in [-0.3, -0.25) is 14.2 Å². The number of thiophene rings is 1. The van der Waals surface area contributed by atoms with Gasteiger partial charge in [0, 0.05) is 30.7 Å². The molecule has 2 aromatic heterocycles. The van der Waals surface area contributed by atoms with E-state index in [0.29, 0.717) is 36.2 Å². The highest BCUT2D eigenvalue weighted by atomic mass is 32.2. The van der Waals surface area contributed by atoms with Gasteiger partial charge in [-0.25, -0.2) is 4.98 Å². The Morgan fingerprint density at radius 2 is 2.16 bits per heavy atom. The predicted octanol–water partition coefficient (Wildman–Crippen LogP) is 4.53. The number of amides is 1. The van der Waals surface area contributed by atoms with Gasteiger partial charge in [0.15, 0.2) is 5.16 Å². The van der Waals surface area contributed by atoms with Gasteiger partial charge < -0.3 is 10.1 Å². The van der Waals surface area contributed by atoms with Gasteiger partial charge in [-0.2, -0.15) is 0 Å². The molecule has 2 aliphatic carbocycles. The maximum Gasteiger partial charge on any atom is 0.263 e. The summed E-state index contributed by atoms with van der Waals surface area (Å²) in [6.07, 6.45) is 6.03. The highest BCUT2D eigenvalue weighted by Gasteiger charge is 2.42. The third-order valence-electron chi connectivity index (χ3n) is 7.28. The summed E-state index contributed by atoms with van der Waals surface area (Å²) in [6.45, 7) is 9.94. The summed E-state index contributed by atoms with van der Waals surface area (Å²) < 4.78 is 7.19. The van der Waals surface area contributed by atoms with Crippen LogP contribution in [-0.2, 0) is 16.1 Å². The molecule has 0 aliphatic heterocycles. The quantitative estimate of drug-likeness (QED) is 0.309. The Bertz CT molecular complexity index is 1030. The second-order valence-corrected chi connectivity index (χ2v) is 11.5. The first-order valence-electron chi connectivity index (χ1n) is 11.9. The van der Waals surface area contributed by atoms with Crippen LogP contribution in [0.15, 0.2) is 9.95 Å². The third-order valence-corrected chi connectivity index (χ3v) is 9.36. The monoisotopic (exact) mass is 477 g/mol. The van der Waals surface area contributed by atoms with Crippen LogP contribution in [0.2, 0.25) is 0 Å². The second kappa shape index (κ2) is 10.3. The fraction of sp³-hybridized carbons (Fsp3) is 0.708. The number of carbonyl (C=O) groups excluding carboxylic acids is 1. The van der Waals surface area contributed by atoms with Gasteiger partial charge in [0.2, 0.25) is 5.91 Å². The summed E-state index contributed by atoms with van der Waals surface area (Å²) in [5.74, 6) is 2.58. The van der Waals surface area contributed by atoms with Crippen molar-refractivity contribution in [2.45, 2.75) is 77.5 Å². The lowest BCUT2D eigenvalue weighted by molar-refractivity contribution is -0.119. The van der Waals surface area contributed by atoms with E-state index in [4.69, 9.17) is 9.72 Å². The minimum absolute atomic E-state index is 0.00777. The number of hydrogen-bond donors (Lipinski definition) is 1. The first-order valence-corrected chi connectivity index (χ1v) is 13.7. The number of thioether (sulfide) groups is 1. The van der Waals surface area contributed by atoms with Crippen LogP contribution >= 0.6 is 23.1 Å². The maximum absolute atomic E-state index is 13.3. The number of hydrogen-bond acceptors (Lipinski definition) is 6. The van der Waals surface area contributed by atoms with Crippen LogP contribution in [0.3, 0.4) is 0 Å². The largest absolute Gasteiger partial charge is 0.382 e. The number of carbonyl (C=O) groups is 1. The van der Waals surface area contributed by atoms with Crippen molar-refractivity contribution >= 4 is 39.2 Å². The molecule has 2 aromatic rings. The highest BCUT2D eigenvalue weighted by molar-refractivity contribution is 7.99. The van der Waals surface area contributed by atoms with Crippen molar-refractivity contribution < 1.29 is 9.53 Å². The van der Waals surface area contributed by atoms with Gasteiger partial charge in [-0.15, -0.1) is 11.3 Å². The van der Waals surface area contributed by atoms with E-state index >= 15 is 0 Å². The van der Waals surface area contributed by atoms with Crippen molar-refractivity contribution in [3.05, 3.63) is 20.8 Å². The molecule has 8 heteroatoms. The van der Waals surface area contributed by atoms with Crippen molar-refractivity contribution in [1.29, 1.82) is 0 Å². The van der Waals surface area contributed by atoms with Gasteiger partial charge in [-0.05, 0) is 76.7 Å². The van der Waals surface area contributed by atoms with E-state index in [1.165, 1.54) is 37.4 Å². The van der Waals surface area contributed by atoms with E-state index in [2.05, 4.69) is 12.2 Å². The van der Waals surface area contributed by atoms with Crippen molar-refractivity contribution in [2.75, 3.05) is 19.0 Å². The van der Waals surface area contributed by atoms with Crippen molar-refractivity contribution in [1.82, 2.24) is 14.9 Å². The Morgan fingerprint density at radius 1 is 1.34 bits per heavy atom. The Hall–Kier alpha value is -1.38. The van der Waals surface area contributed by atoms with E-state index in [9.17, 15) is 9.59 Å². The molecule has 4 unspecified atom stereocenters. The van der Waals surface area contributed by atoms with E-state index in [1.807, 2.05) is 20.8 Å². The Morgan fingerprint density at radius 3 is 2.84 bits per heavy atom. The fourth-order valence-electron chi connectivity index (χ4n) is 5.52. The Labute approximate surface area is 198 Å². The van der Waals surface area contributed by atoms with Gasteiger partial charge in [-0.1, -0.05) is 18.2 Å². The third kappa shape index (κ3) is 4.92. The molecular formula is C24H35N3O3S2. The molecule has 2 bridgehead atoms. The standard InChI is InChI=1S/C24H35N3O3S2/c1-5-30-10-6-9-27-23(29)21-14(2)16(4)32-22(21)26-24(27)31-13-20(28)25-15(3)19-12-17-7-8-18(19)11-17/h15,17-19H,5-13H2,1-4H3,(H,25,28). The molecule has 0 aromatic carbocycles. The van der Waals surface area contributed by atoms with E-state index in [0.717, 1.165) is 33.5 Å². The van der Waals surface area contributed by atoms with Gasteiger partial charge >= 0.3 is 0 Å². The van der Waals surface area contributed by atoms with Gasteiger partial charge in [0.25, 0.3) is 5.56 Å². The Balaban J connectivity index is 1.45. The lowest BCUT2D eigenvalue weighted by Gasteiger charge is -2.28. The van der Waals surface area contributed by atoms with Crippen molar-refractivity contribution in [2.24, 2.45) is 17.8 Å². The molecule has 32 heavy (non-hydrogen) atoms. The van der Waals surface area contributed by atoms with Crippen LogP contribution < -0.4 is 10.9 Å². The van der Waals surface area contributed by atoms with Crippen LogP contribution in [0, 0.1) is 31.6 Å². The van der Waals surface area contributed by atoms with E-state index in [1.54, 1.807) is 15.9 Å². The normalized spacial score (nSPS) is 23.2. The van der Waals surface area contributed by atoms with Crippen LogP contribution in [-0.4, -0.2) is 40.5 Å². The lowest BCUT2D eigenvalue weighted by atomic mass is 9.84. The van der Waals surface area contributed by atoms with Crippen molar-refractivity contribution in [3.8, 4) is 0 Å². The molecule has 1 N–H and O–H groups in total. The number of ether oxygens (including phenoxy) is 1. The van der Waals surface area contributed by atoms with E-state index in [-0.39, 0.29) is 23.3 Å². The molecule has 2 aliphatic rings. The molecule has 2 heterocycles. The molecule has 0 saturated heterocycles. The SMILES string of the molecule is CCOCCCn1c(SCC(=O)NC(C)C2CC3CCC2C3)nc2sc(C)c(C)c2c1=O.